The molecule has 1 aromatic carbocycles. The lowest BCUT2D eigenvalue weighted by molar-refractivity contribution is 0.349. The van der Waals surface area contributed by atoms with Crippen molar-refractivity contribution in [3.63, 3.8) is 0 Å². The predicted molar refractivity (Wildman–Crippen MR) is 45.7 cm³/mol. The Balaban J connectivity index is 3.20. The van der Waals surface area contributed by atoms with Gasteiger partial charge in [0, 0.05) is 0 Å². The monoisotopic (exact) mass is 168 g/mol. The lowest BCUT2D eigenvalue weighted by Gasteiger charge is -2.07. The van der Waals surface area contributed by atoms with Crippen LogP contribution in [0.4, 0.5) is 0 Å². The molecule has 0 aliphatic carbocycles. The van der Waals surface area contributed by atoms with Crippen LogP contribution in [-0.4, -0.2) is 17.3 Å². The van der Waals surface area contributed by atoms with E-state index in [4.69, 9.17) is 4.74 Å². The number of hydrogen-bond acceptors (Lipinski definition) is 3. The molecule has 1 rings (SSSR count). The number of ether oxygens (including phenoxy) is 1. The zero-order valence-electron chi connectivity index (χ0n) is 7.16. The summed E-state index contributed by atoms with van der Waals surface area (Å²) in [6, 6.07) is 3.36. The van der Waals surface area contributed by atoms with Crippen LogP contribution in [0.5, 0.6) is 17.2 Å². The summed E-state index contributed by atoms with van der Waals surface area (Å²) in [7, 11) is 1.44. The Hall–Kier alpha value is -1.38. The summed E-state index contributed by atoms with van der Waals surface area (Å²) < 4.78 is 4.82. The molecule has 66 valence electrons. The van der Waals surface area contributed by atoms with E-state index in [1.54, 1.807) is 12.1 Å². The molecule has 0 saturated heterocycles. The Morgan fingerprint density at radius 1 is 1.25 bits per heavy atom. The molecular weight excluding hydrogens is 156 g/mol. The molecule has 0 spiro atoms. The molecule has 0 amide bonds. The largest absolute Gasteiger partial charge is 0.504 e. The minimum absolute atomic E-state index is 0.0862. The van der Waals surface area contributed by atoms with Crippen LogP contribution in [0.3, 0.4) is 0 Å². The molecule has 0 aliphatic heterocycles. The van der Waals surface area contributed by atoms with Crippen molar-refractivity contribution >= 4 is 0 Å². The summed E-state index contributed by atoms with van der Waals surface area (Å²) in [4.78, 5) is 0. The normalized spacial score (nSPS) is 9.83. The van der Waals surface area contributed by atoms with Gasteiger partial charge in [0.2, 0.25) is 5.75 Å². The van der Waals surface area contributed by atoms with Crippen molar-refractivity contribution in [1.82, 2.24) is 0 Å². The SMILES string of the molecule is CCc1ccc(OC)c(O)c1O. The highest BCUT2D eigenvalue weighted by molar-refractivity contribution is 5.53. The first-order valence-corrected chi connectivity index (χ1v) is 3.78. The third kappa shape index (κ3) is 1.30. The third-order valence-electron chi connectivity index (χ3n) is 1.80. The zero-order valence-corrected chi connectivity index (χ0v) is 7.16. The highest BCUT2D eigenvalue weighted by Crippen LogP contribution is 2.37. The number of aryl methyl sites for hydroxylation is 1. The highest BCUT2D eigenvalue weighted by atomic mass is 16.5. The summed E-state index contributed by atoms with van der Waals surface area (Å²) in [6.07, 6.45) is 0.684. The third-order valence-corrected chi connectivity index (χ3v) is 1.80. The molecule has 0 atom stereocenters. The van der Waals surface area contributed by atoms with Gasteiger partial charge >= 0.3 is 0 Å². The molecule has 0 aliphatic rings. The van der Waals surface area contributed by atoms with Crippen LogP contribution in [0.1, 0.15) is 12.5 Å². The van der Waals surface area contributed by atoms with Crippen LogP contribution >= 0.6 is 0 Å². The molecule has 0 unspecified atom stereocenters. The topological polar surface area (TPSA) is 49.7 Å². The van der Waals surface area contributed by atoms with Crippen molar-refractivity contribution in [2.24, 2.45) is 0 Å². The fourth-order valence-corrected chi connectivity index (χ4v) is 1.05. The molecule has 0 radical (unpaired) electrons. The fourth-order valence-electron chi connectivity index (χ4n) is 1.05. The molecule has 0 aromatic heterocycles. The van der Waals surface area contributed by atoms with Crippen LogP contribution in [0, 0.1) is 0 Å². The molecule has 0 fully saturated rings. The Bertz CT molecular complexity index is 252. The van der Waals surface area contributed by atoms with Crippen LogP contribution in [0.2, 0.25) is 0 Å². The number of aromatic hydroxyl groups is 2. The number of benzene rings is 1. The quantitative estimate of drug-likeness (QED) is 0.660. The van der Waals surface area contributed by atoms with Gasteiger partial charge < -0.3 is 14.9 Å². The summed E-state index contributed by atoms with van der Waals surface area (Å²) in [6.45, 7) is 1.90. The summed E-state index contributed by atoms with van der Waals surface area (Å²) >= 11 is 0. The zero-order chi connectivity index (χ0) is 9.14. The maximum Gasteiger partial charge on any atom is 0.200 e. The first-order valence-electron chi connectivity index (χ1n) is 3.78. The number of phenolic OH excluding ortho intramolecular Hbond substituents is 2. The lowest BCUT2D eigenvalue weighted by Crippen LogP contribution is -1.87. The van der Waals surface area contributed by atoms with Crippen molar-refractivity contribution in [2.45, 2.75) is 13.3 Å². The van der Waals surface area contributed by atoms with E-state index >= 15 is 0 Å². The summed E-state index contributed by atoms with van der Waals surface area (Å²) in [5.41, 5.74) is 0.716. The molecule has 0 heterocycles. The van der Waals surface area contributed by atoms with E-state index in [-0.39, 0.29) is 11.5 Å². The molecule has 3 heteroatoms. The highest BCUT2D eigenvalue weighted by Gasteiger charge is 2.09. The molecule has 0 saturated carbocycles. The Labute approximate surface area is 71.2 Å². The second-order valence-corrected chi connectivity index (χ2v) is 2.48. The molecule has 12 heavy (non-hydrogen) atoms. The van der Waals surface area contributed by atoms with Crippen molar-refractivity contribution in [2.75, 3.05) is 7.11 Å². The van der Waals surface area contributed by atoms with Gasteiger partial charge in [-0.15, -0.1) is 0 Å². The van der Waals surface area contributed by atoms with Gasteiger partial charge in [-0.3, -0.25) is 0 Å². The van der Waals surface area contributed by atoms with Gasteiger partial charge in [-0.05, 0) is 18.1 Å². The average Bonchev–Trinajstić information content (AvgIpc) is 2.10. The minimum atomic E-state index is -0.183. The molecule has 1 aromatic rings. The van der Waals surface area contributed by atoms with Crippen molar-refractivity contribution in [1.29, 1.82) is 0 Å². The number of hydrogen-bond donors (Lipinski definition) is 2. The Morgan fingerprint density at radius 2 is 1.92 bits per heavy atom. The Kier molecular flexibility index (Phi) is 2.43. The molecular formula is C9H12O3. The van der Waals surface area contributed by atoms with E-state index < -0.39 is 0 Å². The first kappa shape index (κ1) is 8.71. The van der Waals surface area contributed by atoms with Crippen molar-refractivity contribution < 1.29 is 14.9 Å². The maximum atomic E-state index is 9.38. The lowest BCUT2D eigenvalue weighted by atomic mass is 10.1. The Morgan fingerprint density at radius 3 is 2.42 bits per heavy atom. The van der Waals surface area contributed by atoms with Gasteiger partial charge in [-0.25, -0.2) is 0 Å². The van der Waals surface area contributed by atoms with E-state index in [0.717, 1.165) is 0 Å². The smallest absolute Gasteiger partial charge is 0.200 e. The number of methoxy groups -OCH3 is 1. The molecule has 2 N–H and O–H groups in total. The first-order chi connectivity index (χ1) is 5.70. The van der Waals surface area contributed by atoms with Crippen molar-refractivity contribution in [3.05, 3.63) is 17.7 Å². The van der Waals surface area contributed by atoms with Crippen LogP contribution < -0.4 is 4.74 Å². The van der Waals surface area contributed by atoms with Gasteiger partial charge in [-0.2, -0.15) is 0 Å². The van der Waals surface area contributed by atoms with Gasteiger partial charge in [0.25, 0.3) is 0 Å². The maximum absolute atomic E-state index is 9.38. The van der Waals surface area contributed by atoms with E-state index in [1.165, 1.54) is 7.11 Å². The minimum Gasteiger partial charge on any atom is -0.504 e. The summed E-state index contributed by atoms with van der Waals surface area (Å²) in [5, 5.41) is 18.7. The molecule has 3 nitrogen and oxygen atoms in total. The standard InChI is InChI=1S/C9H12O3/c1-3-6-4-5-7(12-2)9(11)8(6)10/h4-5,10-11H,3H2,1-2H3. The van der Waals surface area contributed by atoms with Gasteiger partial charge in [0.15, 0.2) is 11.5 Å². The fraction of sp³-hybridized carbons (Fsp3) is 0.333. The van der Waals surface area contributed by atoms with Gasteiger partial charge in [-0.1, -0.05) is 13.0 Å². The van der Waals surface area contributed by atoms with Crippen LogP contribution in [0.25, 0.3) is 0 Å². The van der Waals surface area contributed by atoms with Crippen molar-refractivity contribution in [3.8, 4) is 17.2 Å². The second kappa shape index (κ2) is 3.34. The van der Waals surface area contributed by atoms with Crippen LogP contribution in [-0.2, 0) is 6.42 Å². The number of rotatable bonds is 2. The van der Waals surface area contributed by atoms with E-state index in [2.05, 4.69) is 0 Å². The predicted octanol–water partition coefficient (Wildman–Crippen LogP) is 1.67. The number of phenols is 2. The van der Waals surface area contributed by atoms with E-state index in [0.29, 0.717) is 17.7 Å². The average molecular weight is 168 g/mol. The van der Waals surface area contributed by atoms with Gasteiger partial charge in [0.05, 0.1) is 7.11 Å². The van der Waals surface area contributed by atoms with E-state index in [9.17, 15) is 10.2 Å². The summed E-state index contributed by atoms with van der Waals surface area (Å²) in [5.74, 6) is 0.0263. The second-order valence-electron chi connectivity index (χ2n) is 2.48. The van der Waals surface area contributed by atoms with E-state index in [1.807, 2.05) is 6.92 Å². The molecule has 0 bridgehead atoms. The van der Waals surface area contributed by atoms with Crippen LogP contribution in [0.15, 0.2) is 12.1 Å². The van der Waals surface area contributed by atoms with Gasteiger partial charge in [0.1, 0.15) is 0 Å².